The van der Waals surface area contributed by atoms with Crippen LogP contribution in [0.5, 0.6) is 0 Å². The van der Waals surface area contributed by atoms with Crippen molar-refractivity contribution in [2.24, 2.45) is 5.73 Å². The second kappa shape index (κ2) is 7.10. The highest BCUT2D eigenvalue weighted by atomic mass is 19.1. The molecular weight excluding hydrogens is 401 g/mol. The zero-order valence-corrected chi connectivity index (χ0v) is 15.4. The van der Waals surface area contributed by atoms with Crippen molar-refractivity contribution < 1.29 is 18.0 Å². The number of hydrogen-bond acceptors (Lipinski definition) is 5. The number of imidazole rings is 1. The minimum absolute atomic E-state index is 0.00131. The molecule has 8 nitrogen and oxygen atoms in total. The van der Waals surface area contributed by atoms with Crippen molar-refractivity contribution in [1.29, 1.82) is 0 Å². The quantitative estimate of drug-likeness (QED) is 0.529. The Balaban J connectivity index is 1.87. The fourth-order valence-corrected chi connectivity index (χ4v) is 2.96. The molecule has 11 heteroatoms. The SMILES string of the molecule is Cc1cc(F)c(Cc2nc(-c3ncc(C(N)=O)c(=O)[nH]3)cn3c(F)cnc23)cc1F. The van der Waals surface area contributed by atoms with Gasteiger partial charge in [-0.3, -0.25) is 14.0 Å². The number of nitrogens with zero attached hydrogens (tertiary/aromatic N) is 4. The minimum Gasteiger partial charge on any atom is -0.365 e. The number of benzene rings is 1. The van der Waals surface area contributed by atoms with Gasteiger partial charge in [0.15, 0.2) is 11.5 Å². The first kappa shape index (κ1) is 19.3. The van der Waals surface area contributed by atoms with E-state index in [0.29, 0.717) is 0 Å². The van der Waals surface area contributed by atoms with E-state index >= 15 is 0 Å². The summed E-state index contributed by atoms with van der Waals surface area (Å²) in [5.41, 5.74) is 4.32. The topological polar surface area (TPSA) is 119 Å². The lowest BCUT2D eigenvalue weighted by atomic mass is 10.1. The molecule has 1 amide bonds. The van der Waals surface area contributed by atoms with Crippen LogP contribution in [-0.2, 0) is 6.42 Å². The van der Waals surface area contributed by atoms with Gasteiger partial charge < -0.3 is 10.7 Å². The van der Waals surface area contributed by atoms with Crippen LogP contribution in [0.2, 0.25) is 0 Å². The Morgan fingerprint density at radius 1 is 1.17 bits per heavy atom. The highest BCUT2D eigenvalue weighted by molar-refractivity contribution is 5.92. The molecule has 0 saturated heterocycles. The van der Waals surface area contributed by atoms with Gasteiger partial charge in [0.05, 0.1) is 11.9 Å². The standard InChI is InChI=1S/C19H13F3N6O2/c1-8-2-12(21)9(3-11(8)20)4-13-18-25-6-15(22)28(18)7-14(26-13)17-24-5-10(16(23)29)19(30)27-17/h2-3,5-7H,4H2,1H3,(H2,23,29)(H,24,27,30). The number of H-pyrrole nitrogens is 1. The number of fused-ring (bicyclic) bond motifs is 1. The maximum absolute atomic E-state index is 14.3. The van der Waals surface area contributed by atoms with Crippen LogP contribution in [0.4, 0.5) is 13.2 Å². The smallest absolute Gasteiger partial charge is 0.264 e. The fourth-order valence-electron chi connectivity index (χ4n) is 2.96. The molecule has 152 valence electrons. The van der Waals surface area contributed by atoms with Crippen LogP contribution in [-0.4, -0.2) is 30.2 Å². The minimum atomic E-state index is -0.961. The Morgan fingerprint density at radius 3 is 2.63 bits per heavy atom. The van der Waals surface area contributed by atoms with E-state index in [1.807, 2.05) is 0 Å². The van der Waals surface area contributed by atoms with E-state index in [0.717, 1.165) is 28.9 Å². The molecule has 0 aliphatic rings. The van der Waals surface area contributed by atoms with Gasteiger partial charge in [-0.05, 0) is 30.2 Å². The molecule has 3 N–H and O–H groups in total. The van der Waals surface area contributed by atoms with Gasteiger partial charge in [0.25, 0.3) is 11.5 Å². The van der Waals surface area contributed by atoms with Crippen molar-refractivity contribution in [2.45, 2.75) is 13.3 Å². The highest BCUT2D eigenvalue weighted by Gasteiger charge is 2.17. The lowest BCUT2D eigenvalue weighted by molar-refractivity contribution is 0.0998. The fraction of sp³-hybridized carbons (Fsp3) is 0.105. The number of nitrogens with two attached hydrogens (primary N) is 1. The predicted molar refractivity (Wildman–Crippen MR) is 99.2 cm³/mol. The predicted octanol–water partition coefficient (Wildman–Crippen LogP) is 1.90. The van der Waals surface area contributed by atoms with E-state index in [2.05, 4.69) is 19.9 Å². The third-order valence-electron chi connectivity index (χ3n) is 4.51. The first-order valence-electron chi connectivity index (χ1n) is 8.61. The molecular formula is C19H13F3N6O2. The molecule has 0 aliphatic heterocycles. The summed E-state index contributed by atoms with van der Waals surface area (Å²) in [6.07, 6.45) is 2.96. The normalized spacial score (nSPS) is 11.2. The average molecular weight is 414 g/mol. The van der Waals surface area contributed by atoms with Crippen LogP contribution >= 0.6 is 0 Å². The van der Waals surface area contributed by atoms with Gasteiger partial charge in [0, 0.05) is 18.8 Å². The molecule has 4 rings (SSSR count). The molecule has 0 saturated carbocycles. The molecule has 30 heavy (non-hydrogen) atoms. The zero-order valence-electron chi connectivity index (χ0n) is 15.4. The Morgan fingerprint density at radius 2 is 1.93 bits per heavy atom. The second-order valence-electron chi connectivity index (χ2n) is 6.56. The first-order valence-corrected chi connectivity index (χ1v) is 8.61. The zero-order chi connectivity index (χ0) is 21.6. The van der Waals surface area contributed by atoms with Crippen LogP contribution in [0, 0.1) is 24.5 Å². The lowest BCUT2D eigenvalue weighted by Gasteiger charge is -2.09. The highest BCUT2D eigenvalue weighted by Crippen LogP contribution is 2.22. The molecule has 1 aromatic carbocycles. The van der Waals surface area contributed by atoms with Gasteiger partial charge in [-0.15, -0.1) is 0 Å². The molecule has 0 bridgehead atoms. The van der Waals surface area contributed by atoms with E-state index in [9.17, 15) is 22.8 Å². The van der Waals surface area contributed by atoms with Crippen molar-refractivity contribution in [2.75, 3.05) is 0 Å². The number of carbonyl (C=O) groups is 1. The van der Waals surface area contributed by atoms with Gasteiger partial charge in [0.2, 0.25) is 5.95 Å². The molecule has 0 spiro atoms. The molecule has 3 heterocycles. The Labute approximate surface area is 166 Å². The number of nitrogens with one attached hydrogen (secondary N) is 1. The largest absolute Gasteiger partial charge is 0.365 e. The molecule has 0 unspecified atom stereocenters. The number of aromatic nitrogens is 5. The van der Waals surface area contributed by atoms with Crippen LogP contribution in [0.25, 0.3) is 17.2 Å². The molecule has 3 aromatic heterocycles. The summed E-state index contributed by atoms with van der Waals surface area (Å²) < 4.78 is 43.5. The summed E-state index contributed by atoms with van der Waals surface area (Å²) in [5.74, 6) is -3.01. The Hall–Kier alpha value is -4.02. The first-order chi connectivity index (χ1) is 14.2. The number of amides is 1. The van der Waals surface area contributed by atoms with Crippen LogP contribution in [0.3, 0.4) is 0 Å². The van der Waals surface area contributed by atoms with Crippen LogP contribution < -0.4 is 11.3 Å². The number of hydrogen-bond donors (Lipinski definition) is 2. The number of aromatic amines is 1. The van der Waals surface area contributed by atoms with Crippen molar-refractivity contribution >= 4 is 11.6 Å². The summed E-state index contributed by atoms with van der Waals surface area (Å²) in [5, 5.41) is 0. The molecule has 0 fully saturated rings. The summed E-state index contributed by atoms with van der Waals surface area (Å²) in [7, 11) is 0. The maximum Gasteiger partial charge on any atom is 0.264 e. The van der Waals surface area contributed by atoms with E-state index in [4.69, 9.17) is 5.73 Å². The third kappa shape index (κ3) is 3.30. The number of primary amides is 1. The molecule has 0 radical (unpaired) electrons. The van der Waals surface area contributed by atoms with Crippen molar-refractivity contribution in [3.8, 4) is 11.5 Å². The van der Waals surface area contributed by atoms with E-state index < -0.39 is 29.0 Å². The lowest BCUT2D eigenvalue weighted by Crippen LogP contribution is -2.24. The van der Waals surface area contributed by atoms with Crippen LogP contribution in [0.15, 0.2) is 35.5 Å². The van der Waals surface area contributed by atoms with Gasteiger partial charge in [-0.25, -0.2) is 23.7 Å². The summed E-state index contributed by atoms with van der Waals surface area (Å²) in [4.78, 5) is 37.7. The number of aryl methyl sites for hydroxylation is 1. The van der Waals surface area contributed by atoms with Crippen molar-refractivity contribution in [3.63, 3.8) is 0 Å². The monoisotopic (exact) mass is 414 g/mol. The van der Waals surface area contributed by atoms with Crippen molar-refractivity contribution in [3.05, 3.63) is 81.0 Å². The second-order valence-corrected chi connectivity index (χ2v) is 6.56. The molecule has 0 atom stereocenters. The van der Waals surface area contributed by atoms with Crippen LogP contribution in [0.1, 0.15) is 27.2 Å². The van der Waals surface area contributed by atoms with Gasteiger partial charge in [-0.1, -0.05) is 0 Å². The molecule has 0 aliphatic carbocycles. The third-order valence-corrected chi connectivity index (χ3v) is 4.51. The van der Waals surface area contributed by atoms with Crippen molar-refractivity contribution in [1.82, 2.24) is 24.3 Å². The Kier molecular flexibility index (Phi) is 4.57. The number of carbonyl (C=O) groups excluding carboxylic acids is 1. The summed E-state index contributed by atoms with van der Waals surface area (Å²) in [6, 6.07) is 2.09. The number of halogens is 3. The van der Waals surface area contributed by atoms with Gasteiger partial charge >= 0.3 is 0 Å². The van der Waals surface area contributed by atoms with E-state index in [-0.39, 0.29) is 46.0 Å². The Bertz CT molecular complexity index is 1380. The van der Waals surface area contributed by atoms with Gasteiger partial charge in [0.1, 0.15) is 22.9 Å². The maximum atomic E-state index is 14.3. The average Bonchev–Trinajstić information content (AvgIpc) is 3.07. The molecule has 4 aromatic rings. The van der Waals surface area contributed by atoms with E-state index in [1.165, 1.54) is 13.1 Å². The van der Waals surface area contributed by atoms with Gasteiger partial charge in [-0.2, -0.15) is 4.39 Å². The summed E-state index contributed by atoms with van der Waals surface area (Å²) >= 11 is 0. The number of rotatable bonds is 4. The summed E-state index contributed by atoms with van der Waals surface area (Å²) in [6.45, 7) is 1.43. The van der Waals surface area contributed by atoms with E-state index in [1.54, 1.807) is 0 Å².